The maximum atomic E-state index is 6.88. The Hall–Kier alpha value is -7.88. The molecule has 0 amide bonds. The molecular formula is C56H36N2O. The lowest BCUT2D eigenvalue weighted by molar-refractivity contribution is 0.669. The summed E-state index contributed by atoms with van der Waals surface area (Å²) < 4.78 is 6.88. The first-order valence-corrected chi connectivity index (χ1v) is 20.2. The number of fused-ring (bicyclic) bond motifs is 6. The minimum atomic E-state index is 0.843. The van der Waals surface area contributed by atoms with Crippen molar-refractivity contribution in [3.05, 3.63) is 218 Å². The third-order valence-electron chi connectivity index (χ3n) is 11.9. The molecule has 0 fully saturated rings. The van der Waals surface area contributed by atoms with E-state index in [0.29, 0.717) is 0 Å². The molecular weight excluding hydrogens is 717 g/mol. The second kappa shape index (κ2) is 13.4. The summed E-state index contributed by atoms with van der Waals surface area (Å²) >= 11 is 0. The monoisotopic (exact) mass is 752 g/mol. The van der Waals surface area contributed by atoms with E-state index in [9.17, 15) is 0 Å². The summed E-state index contributed by atoms with van der Waals surface area (Å²) in [7, 11) is 0. The van der Waals surface area contributed by atoms with Crippen molar-refractivity contribution in [3.8, 4) is 33.4 Å². The third-order valence-corrected chi connectivity index (χ3v) is 11.9. The minimum Gasteiger partial charge on any atom is -0.456 e. The maximum Gasteiger partial charge on any atom is 0.137 e. The number of rotatable bonds is 6. The van der Waals surface area contributed by atoms with Crippen LogP contribution in [-0.4, -0.2) is 0 Å². The molecule has 12 rings (SSSR count). The van der Waals surface area contributed by atoms with Gasteiger partial charge in [0.05, 0.1) is 11.4 Å². The van der Waals surface area contributed by atoms with Gasteiger partial charge in [0.25, 0.3) is 0 Å². The minimum absolute atomic E-state index is 0.843. The Balaban J connectivity index is 1.01. The number of hydrogen-bond donors (Lipinski definition) is 0. The lowest BCUT2D eigenvalue weighted by Crippen LogP contribution is -2.15. The molecule has 10 aromatic carbocycles. The average Bonchev–Trinajstić information content (AvgIpc) is 3.67. The van der Waals surface area contributed by atoms with E-state index in [1.54, 1.807) is 0 Å². The Morgan fingerprint density at radius 1 is 0.339 bits per heavy atom. The van der Waals surface area contributed by atoms with Gasteiger partial charge in [0.2, 0.25) is 0 Å². The molecule has 0 bridgehead atoms. The predicted molar refractivity (Wildman–Crippen MR) is 248 cm³/mol. The van der Waals surface area contributed by atoms with Crippen LogP contribution >= 0.6 is 0 Å². The van der Waals surface area contributed by atoms with Gasteiger partial charge in [-0.05, 0) is 111 Å². The van der Waals surface area contributed by atoms with Gasteiger partial charge in [-0.15, -0.1) is 0 Å². The normalized spacial score (nSPS) is 12.0. The molecule has 1 aliphatic rings. The fraction of sp³-hybridized carbons (Fsp3) is 0. The van der Waals surface area contributed by atoms with Crippen molar-refractivity contribution in [2.24, 2.45) is 0 Å². The van der Waals surface area contributed by atoms with Gasteiger partial charge in [0.1, 0.15) is 11.2 Å². The Bertz CT molecular complexity index is 3310. The van der Waals surface area contributed by atoms with Crippen LogP contribution in [0, 0.1) is 0 Å². The van der Waals surface area contributed by atoms with Crippen LogP contribution in [0.2, 0.25) is 0 Å². The summed E-state index contributed by atoms with van der Waals surface area (Å²) in [5.41, 5.74) is 15.4. The molecule has 3 nitrogen and oxygen atoms in total. The van der Waals surface area contributed by atoms with Crippen LogP contribution in [0.1, 0.15) is 0 Å². The standard InChI is InChI=1S/C56H36N2O/c1-3-13-37(14-4-1)40-21-9-23-44(31-40)57(45-24-10-22-41(32-45)38-15-5-2-6-16-38)46-27-29-48-49-30-28-47(36-55(49)59-54(48)35-46)58-52-26-12-20-39-19-11-25-50(56(39)52)51-33-42-17-7-8-18-43(42)34-53(51)58/h1-36H. The van der Waals surface area contributed by atoms with Crippen LogP contribution in [0.3, 0.4) is 0 Å². The van der Waals surface area contributed by atoms with Gasteiger partial charge in [-0.25, -0.2) is 0 Å². The lowest BCUT2D eigenvalue weighted by Gasteiger charge is -2.33. The number of benzene rings is 10. The van der Waals surface area contributed by atoms with E-state index in [1.165, 1.54) is 55.2 Å². The van der Waals surface area contributed by atoms with Crippen molar-refractivity contribution in [2.75, 3.05) is 9.80 Å². The largest absolute Gasteiger partial charge is 0.456 e. The topological polar surface area (TPSA) is 19.6 Å². The Morgan fingerprint density at radius 2 is 0.881 bits per heavy atom. The van der Waals surface area contributed by atoms with Gasteiger partial charge in [-0.1, -0.05) is 140 Å². The molecule has 0 radical (unpaired) electrons. The summed E-state index contributed by atoms with van der Waals surface area (Å²) in [4.78, 5) is 4.75. The zero-order chi connectivity index (χ0) is 38.9. The molecule has 0 atom stereocenters. The second-order valence-corrected chi connectivity index (χ2v) is 15.4. The summed E-state index contributed by atoms with van der Waals surface area (Å²) in [5, 5.41) is 7.12. The highest BCUT2D eigenvalue weighted by atomic mass is 16.3. The average molecular weight is 753 g/mol. The molecule has 59 heavy (non-hydrogen) atoms. The Labute approximate surface area is 342 Å². The fourth-order valence-electron chi connectivity index (χ4n) is 9.16. The molecule has 2 heterocycles. The van der Waals surface area contributed by atoms with E-state index in [4.69, 9.17) is 4.42 Å². The van der Waals surface area contributed by atoms with Crippen LogP contribution in [0.4, 0.5) is 34.1 Å². The van der Waals surface area contributed by atoms with Crippen molar-refractivity contribution < 1.29 is 4.42 Å². The van der Waals surface area contributed by atoms with E-state index in [0.717, 1.165) is 55.8 Å². The van der Waals surface area contributed by atoms with Crippen molar-refractivity contribution >= 4 is 77.6 Å². The molecule has 0 aliphatic carbocycles. The van der Waals surface area contributed by atoms with Crippen molar-refractivity contribution in [2.45, 2.75) is 0 Å². The van der Waals surface area contributed by atoms with Gasteiger partial charge in [0.15, 0.2) is 0 Å². The zero-order valence-corrected chi connectivity index (χ0v) is 32.1. The first-order chi connectivity index (χ1) is 29.2. The van der Waals surface area contributed by atoms with Crippen LogP contribution in [0.5, 0.6) is 0 Å². The lowest BCUT2D eigenvalue weighted by atomic mass is 9.89. The summed E-state index contributed by atoms with van der Waals surface area (Å²) in [5.74, 6) is 0. The van der Waals surface area contributed by atoms with Crippen molar-refractivity contribution in [1.82, 2.24) is 0 Å². The highest BCUT2D eigenvalue weighted by Crippen LogP contribution is 2.52. The zero-order valence-electron chi connectivity index (χ0n) is 32.1. The molecule has 1 aliphatic heterocycles. The smallest absolute Gasteiger partial charge is 0.137 e. The highest BCUT2D eigenvalue weighted by molar-refractivity contribution is 6.16. The summed E-state index contributed by atoms with van der Waals surface area (Å²) in [6, 6.07) is 78.6. The molecule has 0 saturated heterocycles. The summed E-state index contributed by atoms with van der Waals surface area (Å²) in [6.45, 7) is 0. The van der Waals surface area contributed by atoms with Gasteiger partial charge >= 0.3 is 0 Å². The van der Waals surface area contributed by atoms with Gasteiger partial charge in [-0.2, -0.15) is 0 Å². The van der Waals surface area contributed by atoms with Gasteiger partial charge in [-0.3, -0.25) is 0 Å². The SMILES string of the molecule is c1ccc(-c2cccc(N(c3cccc(-c4ccccc4)c3)c3ccc4c(c3)oc3cc(N5c6cc7ccccc7cc6-c6cccc7cccc5c67)ccc34)c2)cc1. The van der Waals surface area contributed by atoms with E-state index in [1.807, 2.05) is 0 Å². The summed E-state index contributed by atoms with van der Waals surface area (Å²) in [6.07, 6.45) is 0. The Kier molecular flexibility index (Phi) is 7.54. The molecule has 11 aromatic rings. The van der Waals surface area contributed by atoms with Crippen molar-refractivity contribution in [3.63, 3.8) is 0 Å². The highest BCUT2D eigenvalue weighted by Gasteiger charge is 2.27. The molecule has 3 heteroatoms. The van der Waals surface area contributed by atoms with Crippen LogP contribution in [-0.2, 0) is 0 Å². The quantitative estimate of drug-likeness (QED) is 0.169. The molecule has 0 spiro atoms. The number of anilines is 6. The second-order valence-electron chi connectivity index (χ2n) is 15.4. The third kappa shape index (κ3) is 5.51. The Morgan fingerprint density at radius 3 is 1.58 bits per heavy atom. The van der Waals surface area contributed by atoms with Gasteiger partial charge < -0.3 is 14.2 Å². The van der Waals surface area contributed by atoms with E-state index < -0.39 is 0 Å². The van der Waals surface area contributed by atoms with E-state index >= 15 is 0 Å². The van der Waals surface area contributed by atoms with E-state index in [-0.39, 0.29) is 0 Å². The molecule has 1 aromatic heterocycles. The maximum absolute atomic E-state index is 6.88. The molecule has 0 N–H and O–H groups in total. The first-order valence-electron chi connectivity index (χ1n) is 20.2. The predicted octanol–water partition coefficient (Wildman–Crippen LogP) is 16.1. The number of nitrogens with zero attached hydrogens (tertiary/aromatic N) is 2. The number of hydrogen-bond acceptors (Lipinski definition) is 3. The first kappa shape index (κ1) is 33.3. The number of furan rings is 1. The molecule has 276 valence electrons. The van der Waals surface area contributed by atoms with Gasteiger partial charge in [0, 0.05) is 56.6 Å². The van der Waals surface area contributed by atoms with Crippen LogP contribution < -0.4 is 9.80 Å². The molecule has 0 unspecified atom stereocenters. The van der Waals surface area contributed by atoms with Crippen LogP contribution in [0.15, 0.2) is 223 Å². The fourth-order valence-corrected chi connectivity index (χ4v) is 9.16. The van der Waals surface area contributed by atoms with Crippen LogP contribution in [0.25, 0.3) is 76.9 Å². The van der Waals surface area contributed by atoms with E-state index in [2.05, 4.69) is 228 Å². The van der Waals surface area contributed by atoms with Crippen molar-refractivity contribution in [1.29, 1.82) is 0 Å². The molecule has 0 saturated carbocycles.